The lowest BCUT2D eigenvalue weighted by atomic mass is 9.95. The maximum Gasteiger partial charge on any atom is 0.329 e. The highest BCUT2D eigenvalue weighted by molar-refractivity contribution is 5.68. The molecule has 0 bridgehead atoms. The molecule has 0 amide bonds. The third-order valence-corrected chi connectivity index (χ3v) is 3.04. The number of aliphatic carboxylic acids is 1. The largest absolute Gasteiger partial charge is 0.480 e. The van der Waals surface area contributed by atoms with Gasteiger partial charge < -0.3 is 14.7 Å². The average Bonchev–Trinajstić information content (AvgIpc) is 2.32. The number of carboxylic acid groups (broad SMARTS) is 1. The number of benzene rings is 1. The summed E-state index contributed by atoms with van der Waals surface area (Å²) in [5.74, 6) is -1.75. The molecule has 20 heavy (non-hydrogen) atoms. The zero-order valence-corrected chi connectivity index (χ0v) is 10.7. The van der Waals surface area contributed by atoms with E-state index in [4.69, 9.17) is 9.84 Å². The quantitative estimate of drug-likeness (QED) is 0.649. The van der Waals surface area contributed by atoms with Crippen molar-refractivity contribution in [1.82, 2.24) is 0 Å². The molecule has 1 aromatic carbocycles. The number of anilines is 1. The smallest absolute Gasteiger partial charge is 0.329 e. The molecule has 2 rings (SSSR count). The number of rotatable bonds is 5. The van der Waals surface area contributed by atoms with Gasteiger partial charge in [-0.2, -0.15) is 0 Å². The van der Waals surface area contributed by atoms with E-state index in [-0.39, 0.29) is 5.69 Å². The average molecular weight is 284 g/mol. The highest BCUT2D eigenvalue weighted by Crippen LogP contribution is 2.32. The Morgan fingerprint density at radius 3 is 2.75 bits per heavy atom. The van der Waals surface area contributed by atoms with Gasteiger partial charge in [-0.3, -0.25) is 10.1 Å². The fraction of sp³-hybridized carbons (Fsp3) is 0.417. The number of hydrogen-bond donors (Lipinski definition) is 1. The predicted molar refractivity (Wildman–Crippen MR) is 67.3 cm³/mol. The van der Waals surface area contributed by atoms with Crippen molar-refractivity contribution in [3.63, 3.8) is 0 Å². The summed E-state index contributed by atoms with van der Waals surface area (Å²) in [5.41, 5.74) is -0.576. The molecule has 0 aliphatic carbocycles. The first-order chi connectivity index (χ1) is 9.29. The first kappa shape index (κ1) is 14.2. The van der Waals surface area contributed by atoms with Crippen molar-refractivity contribution in [3.05, 3.63) is 34.1 Å². The van der Waals surface area contributed by atoms with E-state index in [1.807, 2.05) is 0 Å². The summed E-state index contributed by atoms with van der Waals surface area (Å²) in [6.45, 7) is 2.02. The molecule has 1 saturated heterocycles. The second-order valence-electron chi connectivity index (χ2n) is 4.91. The Morgan fingerprint density at radius 2 is 2.20 bits per heavy atom. The molecule has 1 aliphatic rings. The van der Waals surface area contributed by atoms with Crippen molar-refractivity contribution in [2.24, 2.45) is 0 Å². The Hall–Kier alpha value is -2.22. The number of carboxylic acids is 1. The molecule has 7 nitrogen and oxygen atoms in total. The Bertz CT molecular complexity index is 557. The summed E-state index contributed by atoms with van der Waals surface area (Å²) in [6.07, 6.45) is 0. The van der Waals surface area contributed by atoms with Crippen LogP contribution >= 0.6 is 0 Å². The molecule has 0 aromatic heterocycles. The molecule has 1 fully saturated rings. The summed E-state index contributed by atoms with van der Waals surface area (Å²) in [7, 11) is 0. The number of hydrogen-bond acceptors (Lipinski definition) is 5. The van der Waals surface area contributed by atoms with E-state index < -0.39 is 28.9 Å². The lowest BCUT2D eigenvalue weighted by Crippen LogP contribution is -2.62. The summed E-state index contributed by atoms with van der Waals surface area (Å²) in [6, 6.07) is 3.33. The molecule has 1 aliphatic heterocycles. The van der Waals surface area contributed by atoms with Crippen LogP contribution in [0.2, 0.25) is 0 Å². The molecule has 0 unspecified atom stereocenters. The Labute approximate surface area is 113 Å². The number of nitro benzene ring substituents is 1. The van der Waals surface area contributed by atoms with Crippen LogP contribution in [0.15, 0.2) is 18.2 Å². The molecule has 1 N–H and O–H groups in total. The van der Waals surface area contributed by atoms with Crippen molar-refractivity contribution in [2.45, 2.75) is 12.5 Å². The molecule has 1 aromatic rings. The third kappa shape index (κ3) is 3.02. The van der Waals surface area contributed by atoms with Crippen molar-refractivity contribution in [2.75, 3.05) is 24.6 Å². The normalized spacial score (nSPS) is 16.6. The highest BCUT2D eigenvalue weighted by Gasteiger charge is 2.40. The topological polar surface area (TPSA) is 92.9 Å². The van der Waals surface area contributed by atoms with Crippen LogP contribution in [0.5, 0.6) is 0 Å². The molecular weight excluding hydrogens is 271 g/mol. The zero-order chi connectivity index (χ0) is 14.9. The van der Waals surface area contributed by atoms with Gasteiger partial charge in [-0.05, 0) is 13.0 Å². The number of non-ortho nitro benzene ring substituents is 1. The van der Waals surface area contributed by atoms with E-state index in [0.717, 1.165) is 6.07 Å². The van der Waals surface area contributed by atoms with E-state index >= 15 is 0 Å². The van der Waals surface area contributed by atoms with Crippen LogP contribution in [0.25, 0.3) is 0 Å². The molecule has 0 atom stereocenters. The molecule has 0 saturated carbocycles. The fourth-order valence-corrected chi connectivity index (χ4v) is 2.12. The van der Waals surface area contributed by atoms with Crippen LogP contribution in [-0.4, -0.2) is 41.3 Å². The summed E-state index contributed by atoms with van der Waals surface area (Å²) >= 11 is 0. The Balaban J connectivity index is 2.05. The molecular formula is C12H13FN2O5. The standard InChI is InChI=1S/C12H13FN2O5/c1-12(20-5-11(16)17)6-14(7-12)9-2-8(13)3-10(4-9)15(18)19/h2-4H,5-7H2,1H3,(H,16,17). The lowest BCUT2D eigenvalue weighted by molar-refractivity contribution is -0.385. The molecule has 1 heterocycles. The summed E-state index contributed by atoms with van der Waals surface area (Å²) < 4.78 is 18.5. The first-order valence-corrected chi connectivity index (χ1v) is 5.85. The van der Waals surface area contributed by atoms with Crippen molar-refractivity contribution >= 4 is 17.3 Å². The van der Waals surface area contributed by atoms with Gasteiger partial charge in [0.05, 0.1) is 11.0 Å². The van der Waals surface area contributed by atoms with Gasteiger partial charge in [0.1, 0.15) is 18.0 Å². The second kappa shape index (κ2) is 5.04. The van der Waals surface area contributed by atoms with Gasteiger partial charge in [-0.25, -0.2) is 9.18 Å². The Kier molecular flexibility index (Phi) is 3.58. The minimum Gasteiger partial charge on any atom is -0.480 e. The molecule has 0 radical (unpaired) electrons. The Morgan fingerprint density at radius 1 is 1.55 bits per heavy atom. The van der Waals surface area contributed by atoms with E-state index in [1.54, 1.807) is 11.8 Å². The van der Waals surface area contributed by atoms with Crippen molar-refractivity contribution in [1.29, 1.82) is 0 Å². The van der Waals surface area contributed by atoms with Gasteiger partial charge in [0, 0.05) is 24.8 Å². The minimum atomic E-state index is -1.06. The van der Waals surface area contributed by atoms with Gasteiger partial charge in [-0.15, -0.1) is 0 Å². The third-order valence-electron chi connectivity index (χ3n) is 3.04. The van der Waals surface area contributed by atoms with E-state index in [9.17, 15) is 19.3 Å². The van der Waals surface area contributed by atoms with Crippen LogP contribution < -0.4 is 4.90 Å². The number of nitro groups is 1. The second-order valence-corrected chi connectivity index (χ2v) is 4.91. The monoisotopic (exact) mass is 284 g/mol. The molecule has 8 heteroatoms. The minimum absolute atomic E-state index is 0.319. The number of nitrogens with zero attached hydrogens (tertiary/aromatic N) is 2. The summed E-state index contributed by atoms with van der Waals surface area (Å²) in [4.78, 5) is 22.1. The predicted octanol–water partition coefficient (Wildman–Crippen LogP) is 1.41. The first-order valence-electron chi connectivity index (χ1n) is 5.85. The SMILES string of the molecule is CC1(OCC(=O)O)CN(c2cc(F)cc([N+](=O)[O-])c2)C1. The van der Waals surface area contributed by atoms with Gasteiger partial charge >= 0.3 is 5.97 Å². The summed E-state index contributed by atoms with van der Waals surface area (Å²) in [5, 5.41) is 19.2. The van der Waals surface area contributed by atoms with E-state index in [1.165, 1.54) is 12.1 Å². The maximum absolute atomic E-state index is 13.3. The van der Waals surface area contributed by atoms with Crippen LogP contribution in [0.1, 0.15) is 6.92 Å². The fourth-order valence-electron chi connectivity index (χ4n) is 2.12. The molecule has 0 spiro atoms. The number of carbonyl (C=O) groups is 1. The van der Waals surface area contributed by atoms with Crippen molar-refractivity contribution in [3.8, 4) is 0 Å². The van der Waals surface area contributed by atoms with Crippen LogP contribution in [0, 0.1) is 15.9 Å². The van der Waals surface area contributed by atoms with Crippen LogP contribution in [0.3, 0.4) is 0 Å². The van der Waals surface area contributed by atoms with Crippen LogP contribution in [0.4, 0.5) is 15.8 Å². The highest BCUT2D eigenvalue weighted by atomic mass is 19.1. The van der Waals surface area contributed by atoms with Gasteiger partial charge in [-0.1, -0.05) is 0 Å². The van der Waals surface area contributed by atoms with Crippen LogP contribution in [-0.2, 0) is 9.53 Å². The maximum atomic E-state index is 13.3. The van der Waals surface area contributed by atoms with Gasteiger partial charge in [0.25, 0.3) is 5.69 Å². The van der Waals surface area contributed by atoms with E-state index in [2.05, 4.69) is 0 Å². The lowest BCUT2D eigenvalue weighted by Gasteiger charge is -2.48. The van der Waals surface area contributed by atoms with Gasteiger partial charge in [0.2, 0.25) is 0 Å². The number of ether oxygens (including phenoxy) is 1. The zero-order valence-electron chi connectivity index (χ0n) is 10.7. The van der Waals surface area contributed by atoms with Crippen molar-refractivity contribution < 1.29 is 24.0 Å². The van der Waals surface area contributed by atoms with E-state index in [0.29, 0.717) is 18.8 Å². The molecule has 108 valence electrons. The number of halogens is 1. The van der Waals surface area contributed by atoms with Gasteiger partial charge in [0.15, 0.2) is 0 Å².